The second-order valence-electron chi connectivity index (χ2n) is 1.23. The summed E-state index contributed by atoms with van der Waals surface area (Å²) < 4.78 is 3.55. The molecule has 0 bridgehead atoms. The average molecular weight is 96.2 g/mol. The summed E-state index contributed by atoms with van der Waals surface area (Å²) in [5.41, 5.74) is 0. The number of hydrogen-bond acceptors (Lipinski definition) is 0. The summed E-state index contributed by atoms with van der Waals surface area (Å²) in [5.74, 6) is 0. The van der Waals surface area contributed by atoms with Gasteiger partial charge in [0.05, 0.1) is 0 Å². The fraction of sp³-hybridized carbons (Fsp3) is 0.333. The van der Waals surface area contributed by atoms with Crippen LogP contribution in [0.1, 0.15) is 12.8 Å². The molecule has 38 valence electrons. The van der Waals surface area contributed by atoms with Crippen LogP contribution in [0.25, 0.3) is 0 Å². The van der Waals surface area contributed by atoms with Gasteiger partial charge in [0.15, 0.2) is 0 Å². The summed E-state index contributed by atoms with van der Waals surface area (Å²) in [6, 6.07) is 0. The van der Waals surface area contributed by atoms with Gasteiger partial charge in [0, 0.05) is 6.42 Å². The normalized spacial score (nSPS) is 6.86. The van der Waals surface area contributed by atoms with Gasteiger partial charge in [-0.25, -0.2) is 0 Å². The van der Waals surface area contributed by atoms with Gasteiger partial charge in [-0.2, -0.15) is 0 Å². The molecule has 1 nitrogen and oxygen atoms in total. The van der Waals surface area contributed by atoms with Gasteiger partial charge < -0.3 is 0 Å². The largest absolute Gasteiger partial charge is 0.268 e. The monoisotopic (exact) mass is 96.1 g/mol. The number of nitrogens with zero attached hydrogens (tertiary/aromatic N) is 1. The first-order chi connectivity index (χ1) is 3.41. The number of hydrogen-bond donors (Lipinski definition) is 0. The van der Waals surface area contributed by atoms with Crippen LogP contribution in [0.5, 0.6) is 0 Å². The molecule has 0 atom stereocenters. The maximum atomic E-state index is 3.55. The Morgan fingerprint density at radius 2 is 2.14 bits per heavy atom. The van der Waals surface area contributed by atoms with Gasteiger partial charge in [-0.1, -0.05) is 6.08 Å². The van der Waals surface area contributed by atoms with Gasteiger partial charge >= 0.3 is 0 Å². The fourth-order valence-corrected chi connectivity index (χ4v) is 0.284. The van der Waals surface area contributed by atoms with Crippen molar-refractivity contribution in [3.05, 3.63) is 12.7 Å². The first-order valence-corrected chi connectivity index (χ1v) is 2.30. The predicted molar refractivity (Wildman–Crippen MR) is 34.7 cm³/mol. The van der Waals surface area contributed by atoms with Gasteiger partial charge in [-0.3, -0.25) is 0 Å². The van der Waals surface area contributed by atoms with E-state index < -0.39 is 0 Å². The van der Waals surface area contributed by atoms with E-state index in [4.69, 9.17) is 0 Å². The summed E-state index contributed by atoms with van der Waals surface area (Å²) >= 11 is 0. The maximum Gasteiger partial charge on any atom is 0.268 e. The van der Waals surface area contributed by atoms with Crippen molar-refractivity contribution in [3.8, 4) is 0 Å². The zero-order valence-corrected chi connectivity index (χ0v) is 4.43. The van der Waals surface area contributed by atoms with Crippen LogP contribution in [-0.4, -0.2) is 12.9 Å². The van der Waals surface area contributed by atoms with E-state index in [0.717, 1.165) is 12.8 Å². The SMILES string of the molecule is C=CCCC=[N+]=C. The van der Waals surface area contributed by atoms with Crippen molar-refractivity contribution in [3.63, 3.8) is 0 Å². The topological polar surface area (TPSA) is 14.1 Å². The molecule has 0 radical (unpaired) electrons. The van der Waals surface area contributed by atoms with Crippen molar-refractivity contribution in [2.45, 2.75) is 12.8 Å². The van der Waals surface area contributed by atoms with Crippen LogP contribution in [0.4, 0.5) is 0 Å². The third kappa shape index (κ3) is 5.19. The van der Waals surface area contributed by atoms with Gasteiger partial charge in [0.2, 0.25) is 0 Å². The molecule has 0 aromatic carbocycles. The molecule has 0 unspecified atom stereocenters. The lowest BCUT2D eigenvalue weighted by molar-refractivity contribution is 1.12. The molecule has 7 heavy (non-hydrogen) atoms. The van der Waals surface area contributed by atoms with Crippen LogP contribution < -0.4 is 4.67 Å². The maximum absolute atomic E-state index is 3.55. The Labute approximate surface area is 44.1 Å². The summed E-state index contributed by atoms with van der Waals surface area (Å²) in [4.78, 5) is 0. The quantitative estimate of drug-likeness (QED) is 0.213. The van der Waals surface area contributed by atoms with Crippen molar-refractivity contribution >= 4 is 12.9 Å². The van der Waals surface area contributed by atoms with Gasteiger partial charge in [-0.15, -0.1) is 11.2 Å². The number of allylic oxidation sites excluding steroid dienone is 1. The van der Waals surface area contributed by atoms with E-state index in [-0.39, 0.29) is 0 Å². The predicted octanol–water partition coefficient (Wildman–Crippen LogP) is 0.791. The third-order valence-electron chi connectivity index (χ3n) is 0.629. The molecule has 0 rings (SSSR count). The van der Waals surface area contributed by atoms with Crippen molar-refractivity contribution < 1.29 is 0 Å². The lowest BCUT2D eigenvalue weighted by Crippen LogP contribution is -1.74. The van der Waals surface area contributed by atoms with E-state index in [0.29, 0.717) is 0 Å². The summed E-state index contributed by atoms with van der Waals surface area (Å²) in [7, 11) is 0. The van der Waals surface area contributed by atoms with E-state index in [9.17, 15) is 0 Å². The van der Waals surface area contributed by atoms with Crippen LogP contribution in [0.2, 0.25) is 0 Å². The highest BCUT2D eigenvalue weighted by Crippen LogP contribution is 1.80. The van der Waals surface area contributed by atoms with E-state index in [2.05, 4.69) is 18.0 Å². The highest BCUT2D eigenvalue weighted by Gasteiger charge is 1.77. The Hall–Kier alpha value is -0.810. The van der Waals surface area contributed by atoms with Crippen molar-refractivity contribution in [2.75, 3.05) is 0 Å². The Bertz CT molecular complexity index is 88.4. The zero-order valence-electron chi connectivity index (χ0n) is 4.43. The second kappa shape index (κ2) is 5.19. The van der Waals surface area contributed by atoms with Crippen LogP contribution in [-0.2, 0) is 0 Å². The molecular formula is C6H10N+. The molecule has 0 aliphatic rings. The minimum Gasteiger partial charge on any atom is -0.114 e. The van der Waals surface area contributed by atoms with Crippen molar-refractivity contribution in [1.29, 1.82) is 0 Å². The van der Waals surface area contributed by atoms with Crippen LogP contribution in [0.3, 0.4) is 0 Å². The van der Waals surface area contributed by atoms with Gasteiger partial charge in [0.1, 0.15) is 0 Å². The molecule has 1 heteroatoms. The minimum atomic E-state index is 0.965. The molecule has 0 aromatic heterocycles. The smallest absolute Gasteiger partial charge is 0.114 e. The Balaban J connectivity index is 2.97. The van der Waals surface area contributed by atoms with Crippen molar-refractivity contribution in [2.24, 2.45) is 0 Å². The lowest BCUT2D eigenvalue weighted by atomic mass is 10.3. The number of rotatable bonds is 3. The molecule has 0 aliphatic carbocycles. The molecule has 0 spiro atoms. The van der Waals surface area contributed by atoms with E-state index in [1.165, 1.54) is 0 Å². The van der Waals surface area contributed by atoms with Gasteiger partial charge in [-0.05, 0) is 6.42 Å². The van der Waals surface area contributed by atoms with Crippen molar-refractivity contribution in [1.82, 2.24) is 4.67 Å². The van der Waals surface area contributed by atoms with Crippen LogP contribution >= 0.6 is 0 Å². The molecule has 0 heterocycles. The molecular weight excluding hydrogens is 86.1 g/mol. The molecule has 0 amide bonds. The highest BCUT2D eigenvalue weighted by atomic mass is 14.5. The summed E-state index contributed by atoms with van der Waals surface area (Å²) in [6.45, 7) is 6.84. The minimum absolute atomic E-state index is 0.965. The molecule has 0 saturated heterocycles. The summed E-state index contributed by atoms with van der Waals surface area (Å²) in [5, 5.41) is 0. The molecule has 0 fully saturated rings. The van der Waals surface area contributed by atoms with Gasteiger partial charge in [0.25, 0.3) is 12.9 Å². The molecule has 0 saturated carbocycles. The van der Waals surface area contributed by atoms with E-state index >= 15 is 0 Å². The standard InChI is InChI=1S/C6H10N/c1-3-4-5-6-7-2/h3,6H,1-2,4-5H2/q+1. The Morgan fingerprint density at radius 3 is 2.57 bits per heavy atom. The Kier molecular flexibility index (Phi) is 4.59. The molecule has 0 N–H and O–H groups in total. The average Bonchev–Trinajstić information content (AvgIpc) is 1.69. The zero-order chi connectivity index (χ0) is 5.54. The van der Waals surface area contributed by atoms with E-state index in [1.54, 1.807) is 6.21 Å². The van der Waals surface area contributed by atoms with Crippen LogP contribution in [0, 0.1) is 0 Å². The molecule has 0 aromatic rings. The first-order valence-electron chi connectivity index (χ1n) is 2.30. The third-order valence-corrected chi connectivity index (χ3v) is 0.629. The first kappa shape index (κ1) is 6.19. The second-order valence-corrected chi connectivity index (χ2v) is 1.23. The Morgan fingerprint density at radius 1 is 1.43 bits per heavy atom. The van der Waals surface area contributed by atoms with Crippen LogP contribution in [0.15, 0.2) is 12.7 Å². The molecule has 0 aliphatic heterocycles. The fourth-order valence-electron chi connectivity index (χ4n) is 0.284. The number of unbranched alkanes of at least 4 members (excludes halogenated alkanes) is 1. The lowest BCUT2D eigenvalue weighted by Gasteiger charge is -1.70. The van der Waals surface area contributed by atoms with E-state index in [1.807, 2.05) is 6.08 Å². The summed E-state index contributed by atoms with van der Waals surface area (Å²) in [6.07, 6.45) is 5.61. The highest BCUT2D eigenvalue weighted by molar-refractivity contribution is 5.58.